The number of esters is 1. The Bertz CT molecular complexity index is 1370. The number of benzene rings is 2. The first-order valence-electron chi connectivity index (χ1n) is 10.1. The number of H-pyrrole nitrogens is 1. The molecule has 0 unspecified atom stereocenters. The summed E-state index contributed by atoms with van der Waals surface area (Å²) in [6.45, 7) is 0.186. The Morgan fingerprint density at radius 1 is 1.24 bits per heavy atom. The van der Waals surface area contributed by atoms with E-state index in [0.717, 1.165) is 18.9 Å². The van der Waals surface area contributed by atoms with E-state index in [1.54, 1.807) is 24.3 Å². The van der Waals surface area contributed by atoms with Gasteiger partial charge < -0.3 is 14.8 Å². The smallest absolute Gasteiger partial charge is 0.338 e. The van der Waals surface area contributed by atoms with Gasteiger partial charge in [0.05, 0.1) is 21.6 Å². The van der Waals surface area contributed by atoms with E-state index < -0.39 is 28.4 Å². The number of nitriles is 1. The lowest BCUT2D eigenvalue weighted by atomic mass is 10.2. The number of imidazole rings is 1. The van der Waals surface area contributed by atoms with Crippen LogP contribution in [0.15, 0.2) is 53.1 Å². The minimum Gasteiger partial charge on any atom is -0.507 e. The van der Waals surface area contributed by atoms with Gasteiger partial charge in [-0.1, -0.05) is 23.7 Å². The van der Waals surface area contributed by atoms with Crippen LogP contribution in [-0.2, 0) is 14.8 Å². The number of carbonyl (C=O) groups is 1. The van der Waals surface area contributed by atoms with Crippen LogP contribution in [0.3, 0.4) is 0 Å². The molecule has 9 nitrogen and oxygen atoms in total. The third-order valence-corrected chi connectivity index (χ3v) is 7.60. The molecule has 0 amide bonds. The van der Waals surface area contributed by atoms with Crippen LogP contribution in [0.25, 0.3) is 16.6 Å². The number of nitrogens with zero attached hydrogens (tertiary/aromatic N) is 3. The Hall–Kier alpha value is -3.39. The van der Waals surface area contributed by atoms with Gasteiger partial charge >= 0.3 is 5.97 Å². The van der Waals surface area contributed by atoms with Crippen LogP contribution in [0.5, 0.6) is 0 Å². The molecule has 2 N–H and O–H groups in total. The molecule has 0 bridgehead atoms. The van der Waals surface area contributed by atoms with E-state index in [4.69, 9.17) is 16.3 Å². The summed E-state index contributed by atoms with van der Waals surface area (Å²) in [5.41, 5.74) is 1.07. The van der Waals surface area contributed by atoms with Crippen molar-refractivity contribution in [3.05, 3.63) is 64.6 Å². The minimum absolute atomic E-state index is 0.00200. The van der Waals surface area contributed by atoms with E-state index in [1.165, 1.54) is 16.4 Å². The number of aromatic amines is 1. The second-order valence-electron chi connectivity index (χ2n) is 7.37. The quantitative estimate of drug-likeness (QED) is 0.308. The third kappa shape index (κ3) is 4.57. The maximum absolute atomic E-state index is 12.9. The van der Waals surface area contributed by atoms with E-state index in [1.807, 2.05) is 6.07 Å². The van der Waals surface area contributed by atoms with Crippen molar-refractivity contribution in [3.63, 3.8) is 0 Å². The number of aromatic nitrogens is 2. The van der Waals surface area contributed by atoms with Gasteiger partial charge in [-0.3, -0.25) is 0 Å². The molecule has 0 saturated carbocycles. The normalized spacial score (nSPS) is 15.3. The van der Waals surface area contributed by atoms with Gasteiger partial charge in [0.15, 0.2) is 11.6 Å². The summed E-state index contributed by atoms with van der Waals surface area (Å²) >= 11 is 6.10. The van der Waals surface area contributed by atoms with Crippen LogP contribution in [0.1, 0.15) is 29.0 Å². The molecule has 0 atom stereocenters. The molecule has 1 saturated heterocycles. The van der Waals surface area contributed by atoms with Gasteiger partial charge in [0.25, 0.3) is 0 Å². The van der Waals surface area contributed by atoms with Crippen molar-refractivity contribution in [1.29, 1.82) is 5.26 Å². The van der Waals surface area contributed by atoms with E-state index in [-0.39, 0.29) is 26.9 Å². The number of nitrogens with one attached hydrogen (secondary N) is 1. The maximum Gasteiger partial charge on any atom is 0.338 e. The van der Waals surface area contributed by atoms with Gasteiger partial charge in [-0.25, -0.2) is 18.2 Å². The minimum atomic E-state index is -3.84. The second-order valence-corrected chi connectivity index (χ2v) is 9.68. The lowest BCUT2D eigenvalue weighted by molar-refractivity contribution is 0.0502. The molecule has 2 aromatic carbocycles. The number of ether oxygens (including phenoxy) is 1. The van der Waals surface area contributed by atoms with Crippen LogP contribution in [0, 0.1) is 11.3 Å². The molecule has 33 heavy (non-hydrogen) atoms. The highest BCUT2D eigenvalue weighted by Crippen LogP contribution is 2.28. The maximum atomic E-state index is 12.9. The predicted molar refractivity (Wildman–Crippen MR) is 121 cm³/mol. The zero-order chi connectivity index (χ0) is 23.6. The highest BCUT2D eigenvalue weighted by atomic mass is 35.5. The number of hydrogen-bond acceptors (Lipinski definition) is 7. The SMILES string of the molecule is N#CC(=C(O)COC(=O)c1ccc(Cl)c(S(=O)(=O)N2CCCC2)c1)c1nc2ccccc2[nH]1. The summed E-state index contributed by atoms with van der Waals surface area (Å²) in [5, 5.41) is 19.8. The van der Waals surface area contributed by atoms with Gasteiger partial charge in [-0.2, -0.15) is 9.57 Å². The number of hydrogen-bond donors (Lipinski definition) is 2. The molecule has 2 heterocycles. The molecule has 3 aromatic rings. The second kappa shape index (κ2) is 9.23. The largest absolute Gasteiger partial charge is 0.507 e. The predicted octanol–water partition coefficient (Wildman–Crippen LogP) is 3.65. The molecule has 0 radical (unpaired) electrons. The van der Waals surface area contributed by atoms with Crippen LogP contribution in [0.2, 0.25) is 5.02 Å². The van der Waals surface area contributed by atoms with E-state index >= 15 is 0 Å². The number of para-hydroxylation sites is 2. The van der Waals surface area contributed by atoms with Crippen molar-refractivity contribution in [1.82, 2.24) is 14.3 Å². The summed E-state index contributed by atoms with van der Waals surface area (Å²) in [7, 11) is -3.84. The molecule has 0 spiro atoms. The Morgan fingerprint density at radius 2 is 1.97 bits per heavy atom. The van der Waals surface area contributed by atoms with Crippen molar-refractivity contribution in [2.75, 3.05) is 19.7 Å². The van der Waals surface area contributed by atoms with Crippen molar-refractivity contribution in [2.24, 2.45) is 0 Å². The average molecular weight is 487 g/mol. The van der Waals surface area contributed by atoms with Gasteiger partial charge in [0.2, 0.25) is 10.0 Å². The van der Waals surface area contributed by atoms with Crippen LogP contribution >= 0.6 is 11.6 Å². The number of aliphatic hydroxyl groups is 1. The topological polar surface area (TPSA) is 136 Å². The molecule has 1 aliphatic rings. The fourth-order valence-corrected chi connectivity index (χ4v) is 5.53. The average Bonchev–Trinajstić information content (AvgIpc) is 3.48. The Kier molecular flexibility index (Phi) is 6.37. The van der Waals surface area contributed by atoms with Gasteiger partial charge in [0.1, 0.15) is 23.1 Å². The molecule has 170 valence electrons. The van der Waals surface area contributed by atoms with E-state index in [9.17, 15) is 23.6 Å². The van der Waals surface area contributed by atoms with Gasteiger partial charge in [-0.05, 0) is 43.2 Å². The molecule has 1 aromatic heterocycles. The number of allylic oxidation sites excluding steroid dienone is 1. The summed E-state index contributed by atoms with van der Waals surface area (Å²) in [6, 6.07) is 12.8. The highest BCUT2D eigenvalue weighted by molar-refractivity contribution is 7.89. The van der Waals surface area contributed by atoms with Crippen LogP contribution in [0.4, 0.5) is 0 Å². The zero-order valence-corrected chi connectivity index (χ0v) is 18.9. The van der Waals surface area contributed by atoms with Crippen molar-refractivity contribution in [2.45, 2.75) is 17.7 Å². The number of fused-ring (bicyclic) bond motifs is 1. The van der Waals surface area contributed by atoms with Crippen molar-refractivity contribution >= 4 is 44.2 Å². The number of rotatable bonds is 6. The van der Waals surface area contributed by atoms with E-state index in [2.05, 4.69) is 9.97 Å². The molecule has 0 aliphatic carbocycles. The molecular formula is C22H19ClN4O5S. The molecular weight excluding hydrogens is 468 g/mol. The number of halogens is 1. The number of sulfonamides is 1. The van der Waals surface area contributed by atoms with Crippen molar-refractivity contribution < 1.29 is 23.1 Å². The van der Waals surface area contributed by atoms with Crippen LogP contribution in [-0.4, -0.2) is 53.5 Å². The first-order chi connectivity index (χ1) is 15.8. The fourth-order valence-electron chi connectivity index (χ4n) is 3.51. The van der Waals surface area contributed by atoms with Crippen LogP contribution < -0.4 is 0 Å². The Labute approximate surface area is 194 Å². The number of aliphatic hydroxyl groups excluding tert-OH is 1. The third-order valence-electron chi connectivity index (χ3n) is 5.22. The standard InChI is InChI=1S/C22H19ClN4O5S/c23-16-8-7-14(11-20(16)33(30,31)27-9-3-4-10-27)22(29)32-13-19(28)15(12-24)21-25-17-5-1-2-6-18(17)26-21/h1-2,5-8,11,28H,3-4,9-10,13H2,(H,25,26). The summed E-state index contributed by atoms with van der Waals surface area (Å²) in [5.74, 6) is -1.24. The molecule has 4 rings (SSSR count). The van der Waals surface area contributed by atoms with Crippen molar-refractivity contribution in [3.8, 4) is 6.07 Å². The lowest BCUT2D eigenvalue weighted by Crippen LogP contribution is -2.28. The molecule has 11 heteroatoms. The van der Waals surface area contributed by atoms with Gasteiger partial charge in [0, 0.05) is 13.1 Å². The highest BCUT2D eigenvalue weighted by Gasteiger charge is 2.30. The molecule has 1 aliphatic heterocycles. The van der Waals surface area contributed by atoms with Gasteiger partial charge in [-0.15, -0.1) is 0 Å². The Morgan fingerprint density at radius 3 is 2.67 bits per heavy atom. The fraction of sp³-hybridized carbons (Fsp3) is 0.227. The monoisotopic (exact) mass is 486 g/mol. The zero-order valence-electron chi connectivity index (χ0n) is 17.3. The summed E-state index contributed by atoms with van der Waals surface area (Å²) in [6.07, 6.45) is 1.52. The number of carbonyl (C=O) groups excluding carboxylic acids is 1. The summed E-state index contributed by atoms with van der Waals surface area (Å²) in [4.78, 5) is 19.5. The molecule has 1 fully saturated rings. The summed E-state index contributed by atoms with van der Waals surface area (Å²) < 4.78 is 32.1. The Balaban J connectivity index is 1.54. The first-order valence-corrected chi connectivity index (χ1v) is 11.9. The lowest BCUT2D eigenvalue weighted by Gasteiger charge is -2.17. The first kappa shape index (κ1) is 22.8. The van der Waals surface area contributed by atoms with E-state index in [0.29, 0.717) is 24.1 Å².